The van der Waals surface area contributed by atoms with Crippen LogP contribution in [0.5, 0.6) is 0 Å². The number of amides is 2. The Labute approximate surface area is 268 Å². The van der Waals surface area contributed by atoms with Crippen LogP contribution in [-0.2, 0) is 24.3 Å². The van der Waals surface area contributed by atoms with E-state index in [2.05, 4.69) is 32.7 Å². The summed E-state index contributed by atoms with van der Waals surface area (Å²) in [5.74, 6) is -5.59. The van der Waals surface area contributed by atoms with Gasteiger partial charge in [-0.3, -0.25) is 19.2 Å². The molecule has 16 heteroatoms. The molecular weight excluding hydrogens is 625 g/mol. The summed E-state index contributed by atoms with van der Waals surface area (Å²) >= 11 is 0. The number of nitrogens with one attached hydrogen (secondary N) is 2. The maximum Gasteiger partial charge on any atom is 0.393 e. The number of hydrogen-bond acceptors (Lipinski definition) is 7. The number of hydrogen-bond donors (Lipinski definition) is 2. The highest BCUT2D eigenvalue weighted by molar-refractivity contribution is 5.92. The van der Waals surface area contributed by atoms with Gasteiger partial charge in [-0.05, 0) is 44.1 Å². The predicted octanol–water partition coefficient (Wildman–Crippen LogP) is 4.34. The topological polar surface area (TPSA) is 122 Å². The lowest BCUT2D eigenvalue weighted by Crippen LogP contribution is -2.47. The number of imidazole rings is 1. The Morgan fingerprint density at radius 1 is 1.17 bits per heavy atom. The van der Waals surface area contributed by atoms with Crippen LogP contribution >= 0.6 is 0 Å². The van der Waals surface area contributed by atoms with Gasteiger partial charge < -0.3 is 10.6 Å². The highest BCUT2D eigenvalue weighted by Crippen LogP contribution is 2.38. The molecule has 1 aliphatic carbocycles. The number of fused-ring (bicyclic) bond motifs is 1. The van der Waals surface area contributed by atoms with Crippen molar-refractivity contribution >= 4 is 17.6 Å². The molecule has 5 heterocycles. The van der Waals surface area contributed by atoms with Gasteiger partial charge in [0.2, 0.25) is 5.91 Å². The van der Waals surface area contributed by atoms with Crippen molar-refractivity contribution in [3.05, 3.63) is 41.2 Å². The summed E-state index contributed by atoms with van der Waals surface area (Å²) in [4.78, 5) is 37.1. The second-order valence-corrected chi connectivity index (χ2v) is 13.4. The minimum atomic E-state index is -4.48. The highest BCUT2D eigenvalue weighted by atomic mass is 19.4. The van der Waals surface area contributed by atoms with Gasteiger partial charge in [0.25, 0.3) is 17.6 Å². The van der Waals surface area contributed by atoms with E-state index in [1.807, 2.05) is 6.92 Å². The Kier molecular flexibility index (Phi) is 9.24. The summed E-state index contributed by atoms with van der Waals surface area (Å²) in [5, 5.41) is 14.4. The van der Waals surface area contributed by atoms with E-state index in [-0.39, 0.29) is 54.9 Å². The van der Waals surface area contributed by atoms with Gasteiger partial charge in [0.05, 0.1) is 41.8 Å². The second-order valence-electron chi connectivity index (χ2n) is 13.4. The van der Waals surface area contributed by atoms with Gasteiger partial charge in [-0.15, -0.1) is 0 Å². The molecule has 2 N–H and O–H groups in total. The van der Waals surface area contributed by atoms with Crippen LogP contribution in [0, 0.1) is 23.7 Å². The Bertz CT molecular complexity index is 1600. The highest BCUT2D eigenvalue weighted by Gasteiger charge is 2.45. The minimum absolute atomic E-state index is 0.0185. The fourth-order valence-corrected chi connectivity index (χ4v) is 7.10. The van der Waals surface area contributed by atoms with E-state index in [0.29, 0.717) is 23.9 Å². The predicted molar refractivity (Wildman–Crippen MR) is 159 cm³/mol. The zero-order valence-electron chi connectivity index (χ0n) is 26.4. The molecule has 0 bridgehead atoms. The zero-order chi connectivity index (χ0) is 33.5. The maximum atomic E-state index is 14.1. The molecular formula is C31H40F5N9O2. The number of nitrogens with zero attached hydrogens (tertiary/aromatic N) is 7. The van der Waals surface area contributed by atoms with E-state index in [1.165, 1.54) is 9.42 Å². The molecule has 11 nitrogen and oxygen atoms in total. The Morgan fingerprint density at radius 3 is 2.62 bits per heavy atom. The minimum Gasteiger partial charge on any atom is -0.355 e. The summed E-state index contributed by atoms with van der Waals surface area (Å²) in [6.45, 7) is 3.72. The van der Waals surface area contributed by atoms with Crippen LogP contribution in [0.2, 0.25) is 0 Å². The average Bonchev–Trinajstić information content (AvgIpc) is 3.75. The normalized spacial score (nSPS) is 26.0. The van der Waals surface area contributed by atoms with E-state index >= 15 is 0 Å². The number of aromatic nitrogens is 6. The van der Waals surface area contributed by atoms with Crippen molar-refractivity contribution in [2.45, 2.75) is 90.0 Å². The maximum absolute atomic E-state index is 14.1. The molecule has 3 aliphatic rings. The third kappa shape index (κ3) is 7.41. The number of carbonyl (C=O) groups excluding carboxylic acids is 2. The van der Waals surface area contributed by atoms with Crippen LogP contribution in [0.1, 0.15) is 86.0 Å². The first-order chi connectivity index (χ1) is 22.3. The summed E-state index contributed by atoms with van der Waals surface area (Å²) < 4.78 is 71.9. The average molecular weight is 666 g/mol. The first-order valence-electron chi connectivity index (χ1n) is 16.3. The van der Waals surface area contributed by atoms with Crippen molar-refractivity contribution in [1.82, 2.24) is 44.9 Å². The van der Waals surface area contributed by atoms with E-state index in [0.717, 1.165) is 25.7 Å². The van der Waals surface area contributed by atoms with Crippen LogP contribution in [0.3, 0.4) is 0 Å². The van der Waals surface area contributed by atoms with Gasteiger partial charge in [0.1, 0.15) is 5.69 Å². The van der Waals surface area contributed by atoms with Gasteiger partial charge >= 0.3 is 6.18 Å². The molecule has 6 rings (SSSR count). The molecule has 3 aromatic heterocycles. The van der Waals surface area contributed by atoms with Crippen molar-refractivity contribution in [1.29, 1.82) is 0 Å². The molecule has 47 heavy (non-hydrogen) atoms. The summed E-state index contributed by atoms with van der Waals surface area (Å²) in [6, 6.07) is 1.16. The number of piperidine rings is 1. The fraction of sp³-hybridized carbons (Fsp3) is 0.677. The van der Waals surface area contributed by atoms with E-state index in [9.17, 15) is 31.5 Å². The van der Waals surface area contributed by atoms with Crippen molar-refractivity contribution in [3.8, 4) is 0 Å². The number of halogens is 5. The zero-order valence-corrected chi connectivity index (χ0v) is 26.4. The number of alkyl halides is 5. The standard InChI is InChI=1S/C31H40F5N9O2/c1-3-44-25(8-10-38-44)28(47)41-26(19-6-4-18(2)5-7-19)24-16-45-29(40-24)39-23(15-43-11-9-30(32,33)17-43)22(42-45)13-20-12-21(31(34,35)36)14-37-27(20)46/h8,10,16,18-21,26H,3-7,9,11-15,17H2,1-2H3,(H,37,46)(H,41,47)/t18?,19?,20-,21-,26+/m1/s1. The molecule has 1 saturated carbocycles. The van der Waals surface area contributed by atoms with Gasteiger partial charge in [0, 0.05) is 51.1 Å². The summed E-state index contributed by atoms with van der Waals surface area (Å²) in [6.07, 6.45) is 1.59. The molecule has 2 aliphatic heterocycles. The van der Waals surface area contributed by atoms with Gasteiger partial charge in [-0.25, -0.2) is 23.3 Å². The fourth-order valence-electron chi connectivity index (χ4n) is 7.10. The molecule has 3 aromatic rings. The number of aryl methyl sites for hydroxylation is 1. The first kappa shape index (κ1) is 33.2. The van der Waals surface area contributed by atoms with Crippen molar-refractivity contribution in [2.24, 2.45) is 23.7 Å². The monoisotopic (exact) mass is 665 g/mol. The lowest BCUT2D eigenvalue weighted by atomic mass is 9.78. The summed E-state index contributed by atoms with van der Waals surface area (Å²) in [5.41, 5.74) is 1.46. The molecule has 3 fully saturated rings. The third-order valence-corrected chi connectivity index (χ3v) is 9.86. The van der Waals surface area contributed by atoms with E-state index in [4.69, 9.17) is 4.98 Å². The molecule has 2 amide bonds. The molecule has 0 spiro atoms. The smallest absolute Gasteiger partial charge is 0.355 e. The Balaban J connectivity index is 1.34. The first-order valence-corrected chi connectivity index (χ1v) is 16.3. The van der Waals surface area contributed by atoms with Gasteiger partial charge in [0.15, 0.2) is 0 Å². The van der Waals surface area contributed by atoms with Crippen molar-refractivity contribution in [2.75, 3.05) is 19.6 Å². The van der Waals surface area contributed by atoms with E-state index < -0.39 is 55.4 Å². The SMILES string of the molecule is CCn1nccc1C(=O)N[C@H](c1cn2nc(C[C@H]3C[C@@H](C(F)(F)F)CNC3=O)c(CN3CCC(F)(F)C3)nc2n1)C1CCC(C)CC1. The van der Waals surface area contributed by atoms with Crippen LogP contribution < -0.4 is 10.6 Å². The van der Waals surface area contributed by atoms with Crippen molar-refractivity contribution < 1.29 is 31.5 Å². The Hall–Kier alpha value is -3.69. The Morgan fingerprint density at radius 2 is 1.94 bits per heavy atom. The molecule has 256 valence electrons. The largest absolute Gasteiger partial charge is 0.393 e. The van der Waals surface area contributed by atoms with Crippen LogP contribution in [0.4, 0.5) is 22.0 Å². The molecule has 2 saturated heterocycles. The quantitative estimate of drug-likeness (QED) is 0.326. The molecule has 3 atom stereocenters. The van der Waals surface area contributed by atoms with Crippen molar-refractivity contribution in [3.63, 3.8) is 0 Å². The summed E-state index contributed by atoms with van der Waals surface area (Å²) in [7, 11) is 0. The van der Waals surface area contributed by atoms with Gasteiger partial charge in [-0.1, -0.05) is 19.8 Å². The van der Waals surface area contributed by atoms with Crippen LogP contribution in [0.25, 0.3) is 5.78 Å². The third-order valence-electron chi connectivity index (χ3n) is 9.86. The van der Waals surface area contributed by atoms with Crippen LogP contribution in [-0.4, -0.2) is 77.8 Å². The van der Waals surface area contributed by atoms with Gasteiger partial charge in [-0.2, -0.15) is 23.4 Å². The second kappa shape index (κ2) is 13.1. The molecule has 0 aromatic carbocycles. The molecule has 0 unspecified atom stereocenters. The number of rotatable bonds is 9. The lowest BCUT2D eigenvalue weighted by molar-refractivity contribution is -0.183. The van der Waals surface area contributed by atoms with Crippen LogP contribution in [0.15, 0.2) is 18.5 Å². The molecule has 0 radical (unpaired) electrons. The van der Waals surface area contributed by atoms with E-state index in [1.54, 1.807) is 23.1 Å². The number of carbonyl (C=O) groups is 2. The lowest BCUT2D eigenvalue weighted by Gasteiger charge is -2.32. The number of likely N-dealkylation sites (tertiary alicyclic amines) is 1.